The lowest BCUT2D eigenvalue weighted by molar-refractivity contribution is -0.118. The molecule has 22 heavy (non-hydrogen) atoms. The number of methoxy groups -OCH3 is 1. The number of para-hydroxylation sites is 2. The Hall–Kier alpha value is -2.22. The Morgan fingerprint density at radius 2 is 2.05 bits per heavy atom. The topological polar surface area (TPSA) is 78.3 Å². The zero-order chi connectivity index (χ0) is 15.9. The van der Waals surface area contributed by atoms with E-state index in [0.717, 1.165) is 0 Å². The fourth-order valence-corrected chi connectivity index (χ4v) is 2.48. The zero-order valence-corrected chi connectivity index (χ0v) is 13.5. The maximum absolute atomic E-state index is 11.3. The van der Waals surface area contributed by atoms with Crippen molar-refractivity contribution in [3.63, 3.8) is 0 Å². The van der Waals surface area contributed by atoms with Crippen LogP contribution in [-0.2, 0) is 18.4 Å². The molecule has 0 unspecified atom stereocenters. The maximum Gasteiger partial charge on any atom is 0.230 e. The summed E-state index contributed by atoms with van der Waals surface area (Å²) in [5, 5.41) is 11.4. The van der Waals surface area contributed by atoms with Gasteiger partial charge in [0.15, 0.2) is 22.5 Å². The van der Waals surface area contributed by atoms with Crippen molar-refractivity contribution in [1.29, 1.82) is 0 Å². The number of carbonyl (C=O) groups excluding carboxylic acids is 1. The number of amides is 1. The fraction of sp³-hybridized carbons (Fsp3) is 0.357. The van der Waals surface area contributed by atoms with Gasteiger partial charge in [-0.25, -0.2) is 0 Å². The minimum atomic E-state index is -0.0557. The summed E-state index contributed by atoms with van der Waals surface area (Å²) in [5.41, 5.74) is 0. The van der Waals surface area contributed by atoms with Crippen molar-refractivity contribution in [3.8, 4) is 11.5 Å². The van der Waals surface area contributed by atoms with Crippen LogP contribution in [0.2, 0.25) is 0 Å². The van der Waals surface area contributed by atoms with E-state index in [1.165, 1.54) is 11.8 Å². The van der Waals surface area contributed by atoms with E-state index < -0.39 is 0 Å². The second-order valence-corrected chi connectivity index (χ2v) is 5.30. The van der Waals surface area contributed by atoms with Crippen LogP contribution in [0.5, 0.6) is 11.5 Å². The van der Waals surface area contributed by atoms with Crippen LogP contribution in [0.1, 0.15) is 5.82 Å². The van der Waals surface area contributed by atoms with Gasteiger partial charge < -0.3 is 19.4 Å². The van der Waals surface area contributed by atoms with E-state index in [4.69, 9.17) is 9.47 Å². The van der Waals surface area contributed by atoms with E-state index in [9.17, 15) is 4.79 Å². The van der Waals surface area contributed by atoms with Gasteiger partial charge in [0.2, 0.25) is 5.91 Å². The Morgan fingerprint density at radius 3 is 2.73 bits per heavy atom. The number of benzene rings is 1. The molecule has 1 aromatic carbocycles. The molecule has 1 N–H and O–H groups in total. The average molecular weight is 322 g/mol. The summed E-state index contributed by atoms with van der Waals surface area (Å²) >= 11 is 1.33. The molecule has 0 bridgehead atoms. The molecule has 1 amide bonds. The summed E-state index contributed by atoms with van der Waals surface area (Å²) < 4.78 is 12.8. The third kappa shape index (κ3) is 3.91. The minimum absolute atomic E-state index is 0.0557. The molecule has 2 rings (SSSR count). The van der Waals surface area contributed by atoms with Gasteiger partial charge in [0, 0.05) is 14.1 Å². The second-order valence-electron chi connectivity index (χ2n) is 4.36. The highest BCUT2D eigenvalue weighted by atomic mass is 32.2. The molecule has 0 saturated heterocycles. The highest BCUT2D eigenvalue weighted by molar-refractivity contribution is 7.99. The summed E-state index contributed by atoms with van der Waals surface area (Å²) in [6, 6.07) is 7.41. The molecule has 0 saturated carbocycles. The van der Waals surface area contributed by atoms with Crippen LogP contribution in [0, 0.1) is 0 Å². The van der Waals surface area contributed by atoms with Gasteiger partial charge >= 0.3 is 0 Å². The number of nitrogens with one attached hydrogen (secondary N) is 1. The van der Waals surface area contributed by atoms with Crippen molar-refractivity contribution < 1.29 is 14.3 Å². The molecule has 0 radical (unpaired) electrons. The SMILES string of the molecule is CNC(=O)CSc1nnc(COc2ccccc2OC)n1C. The van der Waals surface area contributed by atoms with Gasteiger partial charge in [0.1, 0.15) is 6.61 Å². The molecule has 1 heterocycles. The Morgan fingerprint density at radius 1 is 1.32 bits per heavy atom. The third-order valence-electron chi connectivity index (χ3n) is 2.96. The maximum atomic E-state index is 11.3. The van der Waals surface area contributed by atoms with Crippen LogP contribution in [0.3, 0.4) is 0 Å². The van der Waals surface area contributed by atoms with E-state index in [2.05, 4.69) is 15.5 Å². The number of nitrogens with zero attached hydrogens (tertiary/aromatic N) is 3. The Kier molecular flexibility index (Phi) is 5.65. The molecule has 2 aromatic rings. The summed E-state index contributed by atoms with van der Waals surface area (Å²) in [4.78, 5) is 11.3. The van der Waals surface area contributed by atoms with E-state index in [0.29, 0.717) is 28.2 Å². The van der Waals surface area contributed by atoms with Crippen LogP contribution in [0.15, 0.2) is 29.4 Å². The molecule has 1 aromatic heterocycles. The first-order chi connectivity index (χ1) is 10.7. The first kappa shape index (κ1) is 16.2. The lowest BCUT2D eigenvalue weighted by atomic mass is 10.3. The molecule has 0 aliphatic heterocycles. The van der Waals surface area contributed by atoms with Crippen molar-refractivity contribution in [2.45, 2.75) is 11.8 Å². The Labute approximate surface area is 133 Å². The van der Waals surface area contributed by atoms with E-state index in [1.807, 2.05) is 35.9 Å². The van der Waals surface area contributed by atoms with Gasteiger partial charge in [-0.05, 0) is 12.1 Å². The standard InChI is InChI=1S/C14H18N4O3S/c1-15-13(19)9-22-14-17-16-12(18(14)2)8-21-11-7-5-4-6-10(11)20-3/h4-7H,8-9H2,1-3H3,(H,15,19). The number of aromatic nitrogens is 3. The van der Waals surface area contributed by atoms with Crippen LogP contribution in [0.25, 0.3) is 0 Å². The summed E-state index contributed by atoms with van der Waals surface area (Å²) in [6.45, 7) is 0.268. The van der Waals surface area contributed by atoms with Gasteiger partial charge in [0.25, 0.3) is 0 Å². The summed E-state index contributed by atoms with van der Waals surface area (Å²) in [5.74, 6) is 2.23. The molecular weight excluding hydrogens is 304 g/mol. The molecule has 0 spiro atoms. The molecule has 0 atom stereocenters. The Balaban J connectivity index is 1.99. The van der Waals surface area contributed by atoms with Gasteiger partial charge in [-0.15, -0.1) is 10.2 Å². The first-order valence-corrected chi connectivity index (χ1v) is 7.61. The second kappa shape index (κ2) is 7.69. The normalized spacial score (nSPS) is 10.3. The largest absolute Gasteiger partial charge is 0.493 e. The van der Waals surface area contributed by atoms with Crippen LogP contribution < -0.4 is 14.8 Å². The van der Waals surface area contributed by atoms with Crippen molar-refractivity contribution >= 4 is 17.7 Å². The molecule has 0 fully saturated rings. The number of carbonyl (C=O) groups is 1. The van der Waals surface area contributed by atoms with Crippen molar-refractivity contribution in [1.82, 2.24) is 20.1 Å². The molecule has 0 aliphatic rings. The number of thioether (sulfide) groups is 1. The molecule has 7 nitrogen and oxygen atoms in total. The predicted octanol–water partition coefficient (Wildman–Crippen LogP) is 1.24. The molecule has 0 aliphatic carbocycles. The molecule has 8 heteroatoms. The van der Waals surface area contributed by atoms with Gasteiger partial charge in [-0.2, -0.15) is 0 Å². The lowest BCUT2D eigenvalue weighted by Crippen LogP contribution is -2.20. The molecular formula is C14H18N4O3S. The highest BCUT2D eigenvalue weighted by Gasteiger charge is 2.12. The molecule has 118 valence electrons. The van der Waals surface area contributed by atoms with Gasteiger partial charge in [-0.1, -0.05) is 23.9 Å². The predicted molar refractivity (Wildman–Crippen MR) is 83.1 cm³/mol. The lowest BCUT2D eigenvalue weighted by Gasteiger charge is -2.10. The average Bonchev–Trinajstić information content (AvgIpc) is 2.91. The first-order valence-electron chi connectivity index (χ1n) is 6.63. The van der Waals surface area contributed by atoms with Crippen LogP contribution in [0.4, 0.5) is 0 Å². The Bertz CT molecular complexity index is 645. The minimum Gasteiger partial charge on any atom is -0.493 e. The van der Waals surface area contributed by atoms with Crippen molar-refractivity contribution in [2.24, 2.45) is 7.05 Å². The van der Waals surface area contributed by atoms with Gasteiger partial charge in [0.05, 0.1) is 12.9 Å². The zero-order valence-electron chi connectivity index (χ0n) is 12.7. The highest BCUT2D eigenvalue weighted by Crippen LogP contribution is 2.26. The monoisotopic (exact) mass is 322 g/mol. The number of ether oxygens (including phenoxy) is 2. The van der Waals surface area contributed by atoms with Crippen LogP contribution >= 0.6 is 11.8 Å². The summed E-state index contributed by atoms with van der Waals surface area (Å²) in [7, 11) is 5.04. The number of rotatable bonds is 7. The third-order valence-corrected chi connectivity index (χ3v) is 3.98. The van der Waals surface area contributed by atoms with E-state index >= 15 is 0 Å². The van der Waals surface area contributed by atoms with Gasteiger partial charge in [-0.3, -0.25) is 4.79 Å². The number of hydrogen-bond acceptors (Lipinski definition) is 6. The van der Waals surface area contributed by atoms with E-state index in [1.54, 1.807) is 14.2 Å². The van der Waals surface area contributed by atoms with Crippen molar-refractivity contribution in [2.75, 3.05) is 19.9 Å². The fourth-order valence-electron chi connectivity index (χ4n) is 1.68. The summed E-state index contributed by atoms with van der Waals surface area (Å²) in [6.07, 6.45) is 0. The van der Waals surface area contributed by atoms with Crippen molar-refractivity contribution in [3.05, 3.63) is 30.1 Å². The quantitative estimate of drug-likeness (QED) is 0.773. The smallest absolute Gasteiger partial charge is 0.230 e. The van der Waals surface area contributed by atoms with Crippen LogP contribution in [-0.4, -0.2) is 40.6 Å². The van der Waals surface area contributed by atoms with E-state index in [-0.39, 0.29) is 12.5 Å². The number of hydrogen-bond donors (Lipinski definition) is 1.